The Morgan fingerprint density at radius 3 is 2.83 bits per heavy atom. The summed E-state index contributed by atoms with van der Waals surface area (Å²) in [5.41, 5.74) is 2.19. The molecule has 2 aromatic rings. The Labute approximate surface area is 106 Å². The number of rotatable bonds is 1. The van der Waals surface area contributed by atoms with Gasteiger partial charge in [-0.05, 0) is 54.5 Å². The Hall–Kier alpha value is -1.61. The van der Waals surface area contributed by atoms with Crippen LogP contribution in [0.1, 0.15) is 31.4 Å². The summed E-state index contributed by atoms with van der Waals surface area (Å²) >= 11 is 0. The van der Waals surface area contributed by atoms with Gasteiger partial charge < -0.3 is 10.3 Å². The summed E-state index contributed by atoms with van der Waals surface area (Å²) in [4.78, 5) is 14.1. The number of hydrogen-bond acceptors (Lipinski definition) is 2. The van der Waals surface area contributed by atoms with Crippen molar-refractivity contribution in [3.8, 4) is 0 Å². The van der Waals surface area contributed by atoms with Gasteiger partial charge in [-0.1, -0.05) is 13.0 Å². The molecule has 3 rings (SSSR count). The van der Waals surface area contributed by atoms with Gasteiger partial charge in [-0.2, -0.15) is 0 Å². The van der Waals surface area contributed by atoms with Crippen LogP contribution in [0.3, 0.4) is 0 Å². The second kappa shape index (κ2) is 4.58. The van der Waals surface area contributed by atoms with E-state index >= 15 is 0 Å². The molecule has 2 atom stereocenters. The largest absolute Gasteiger partial charge is 0.322 e. The molecule has 0 aliphatic carbocycles. The monoisotopic (exact) mass is 242 g/mol. The van der Waals surface area contributed by atoms with E-state index < -0.39 is 0 Å². The number of nitrogens with one attached hydrogen (secondary N) is 2. The number of hydrogen-bond donors (Lipinski definition) is 2. The number of benzene rings is 1. The second-order valence-corrected chi connectivity index (χ2v) is 5.31. The van der Waals surface area contributed by atoms with Gasteiger partial charge in [0.15, 0.2) is 0 Å². The van der Waals surface area contributed by atoms with Gasteiger partial charge in [-0.3, -0.25) is 4.79 Å². The Morgan fingerprint density at radius 1 is 1.17 bits per heavy atom. The van der Waals surface area contributed by atoms with E-state index in [4.69, 9.17) is 0 Å². The Bertz CT molecular complexity index is 609. The molecule has 0 radical (unpaired) electrons. The third kappa shape index (κ3) is 2.18. The topological polar surface area (TPSA) is 44.9 Å². The lowest BCUT2D eigenvalue weighted by atomic mass is 9.91. The van der Waals surface area contributed by atoms with E-state index in [2.05, 4.69) is 29.4 Å². The van der Waals surface area contributed by atoms with Gasteiger partial charge in [0.1, 0.15) is 0 Å². The lowest BCUT2D eigenvalue weighted by molar-refractivity contribution is 0.333. The van der Waals surface area contributed by atoms with Crippen LogP contribution in [0.5, 0.6) is 0 Å². The highest BCUT2D eigenvalue weighted by molar-refractivity contribution is 5.79. The van der Waals surface area contributed by atoms with Gasteiger partial charge in [0.25, 0.3) is 0 Å². The molecule has 3 heteroatoms. The van der Waals surface area contributed by atoms with Crippen LogP contribution in [-0.2, 0) is 0 Å². The first-order valence-corrected chi connectivity index (χ1v) is 6.59. The molecule has 0 spiro atoms. The maximum absolute atomic E-state index is 11.2. The van der Waals surface area contributed by atoms with Crippen LogP contribution in [0.4, 0.5) is 0 Å². The molecule has 0 amide bonds. The van der Waals surface area contributed by atoms with E-state index in [0.29, 0.717) is 6.04 Å². The van der Waals surface area contributed by atoms with Crippen LogP contribution in [0, 0.1) is 5.92 Å². The molecular weight excluding hydrogens is 224 g/mol. The second-order valence-electron chi connectivity index (χ2n) is 5.31. The van der Waals surface area contributed by atoms with Crippen molar-refractivity contribution in [1.82, 2.24) is 10.3 Å². The Kier molecular flexibility index (Phi) is 2.92. The number of piperidine rings is 1. The summed E-state index contributed by atoms with van der Waals surface area (Å²) in [6.45, 7) is 3.38. The van der Waals surface area contributed by atoms with Crippen LogP contribution in [0.2, 0.25) is 0 Å². The smallest absolute Gasteiger partial charge is 0.248 e. The van der Waals surface area contributed by atoms with E-state index in [0.717, 1.165) is 23.4 Å². The maximum atomic E-state index is 11.2. The minimum Gasteiger partial charge on any atom is -0.322 e. The number of aromatic nitrogens is 1. The molecule has 1 aromatic heterocycles. The molecule has 1 aliphatic heterocycles. The summed E-state index contributed by atoms with van der Waals surface area (Å²) < 4.78 is 0. The highest BCUT2D eigenvalue weighted by atomic mass is 16.1. The van der Waals surface area contributed by atoms with Gasteiger partial charge in [-0.25, -0.2) is 0 Å². The third-order valence-electron chi connectivity index (χ3n) is 3.81. The first kappa shape index (κ1) is 11.5. The number of pyridine rings is 1. The fourth-order valence-corrected chi connectivity index (χ4v) is 2.67. The molecule has 94 valence electrons. The van der Waals surface area contributed by atoms with Gasteiger partial charge in [0, 0.05) is 17.6 Å². The third-order valence-corrected chi connectivity index (χ3v) is 3.81. The van der Waals surface area contributed by atoms with Crippen LogP contribution in [0.15, 0.2) is 35.1 Å². The van der Waals surface area contributed by atoms with Crippen molar-refractivity contribution in [1.29, 1.82) is 0 Å². The van der Waals surface area contributed by atoms with Crippen molar-refractivity contribution in [2.75, 3.05) is 6.54 Å². The van der Waals surface area contributed by atoms with Crippen molar-refractivity contribution in [2.24, 2.45) is 5.92 Å². The normalized spacial score (nSPS) is 24.3. The molecule has 1 saturated heterocycles. The lowest BCUT2D eigenvalue weighted by Crippen LogP contribution is -2.31. The molecule has 0 unspecified atom stereocenters. The minimum absolute atomic E-state index is 0.0418. The fourth-order valence-electron chi connectivity index (χ4n) is 2.67. The molecule has 18 heavy (non-hydrogen) atoms. The molecular formula is C15H18N2O. The summed E-state index contributed by atoms with van der Waals surface area (Å²) in [5.74, 6) is 0.776. The predicted octanol–water partition coefficient (Wildman–Crippen LogP) is 2.59. The lowest BCUT2D eigenvalue weighted by Gasteiger charge is -2.28. The van der Waals surface area contributed by atoms with Gasteiger partial charge >= 0.3 is 0 Å². The molecule has 3 nitrogen and oxygen atoms in total. The standard InChI is InChI=1S/C15H18N2O/c1-10-2-5-13(16-9-10)11-3-6-14-12(8-11)4-7-15(18)17-14/h3-4,6-8,10,13,16H,2,5,9H2,1H3,(H,17,18)/t10-,13+/m0/s1. The van der Waals surface area contributed by atoms with Gasteiger partial charge in [0.2, 0.25) is 5.56 Å². The van der Waals surface area contributed by atoms with E-state index in [1.807, 2.05) is 12.1 Å². The molecule has 2 N–H and O–H groups in total. The zero-order valence-corrected chi connectivity index (χ0v) is 10.6. The zero-order chi connectivity index (χ0) is 12.5. The number of fused-ring (bicyclic) bond motifs is 1. The molecule has 1 aromatic carbocycles. The zero-order valence-electron chi connectivity index (χ0n) is 10.6. The molecule has 2 heterocycles. The van der Waals surface area contributed by atoms with Crippen LogP contribution in [0.25, 0.3) is 10.9 Å². The summed E-state index contributed by atoms with van der Waals surface area (Å²) in [6.07, 6.45) is 2.47. The van der Waals surface area contributed by atoms with Crippen molar-refractivity contribution in [3.63, 3.8) is 0 Å². The average Bonchev–Trinajstić information content (AvgIpc) is 2.39. The van der Waals surface area contributed by atoms with Crippen LogP contribution in [-0.4, -0.2) is 11.5 Å². The SMILES string of the molecule is C[C@H]1CC[C@H](c2ccc3[nH]c(=O)ccc3c2)NC1. The highest BCUT2D eigenvalue weighted by Gasteiger charge is 2.18. The summed E-state index contributed by atoms with van der Waals surface area (Å²) in [7, 11) is 0. The predicted molar refractivity (Wildman–Crippen MR) is 73.7 cm³/mol. The van der Waals surface area contributed by atoms with Crippen molar-refractivity contribution in [2.45, 2.75) is 25.8 Å². The quantitative estimate of drug-likeness (QED) is 0.807. The van der Waals surface area contributed by atoms with Crippen LogP contribution < -0.4 is 10.9 Å². The fraction of sp³-hybridized carbons (Fsp3) is 0.400. The van der Waals surface area contributed by atoms with E-state index in [1.165, 1.54) is 18.4 Å². The molecule has 1 fully saturated rings. The number of H-pyrrole nitrogens is 1. The molecule has 0 bridgehead atoms. The summed E-state index contributed by atoms with van der Waals surface area (Å²) in [5, 5.41) is 4.69. The highest BCUT2D eigenvalue weighted by Crippen LogP contribution is 2.27. The Balaban J connectivity index is 1.93. The molecule has 1 aliphatic rings. The van der Waals surface area contributed by atoms with Crippen molar-refractivity contribution in [3.05, 3.63) is 46.2 Å². The maximum Gasteiger partial charge on any atom is 0.248 e. The van der Waals surface area contributed by atoms with E-state index in [9.17, 15) is 4.79 Å². The first-order chi connectivity index (χ1) is 8.72. The van der Waals surface area contributed by atoms with E-state index in [1.54, 1.807) is 6.07 Å². The van der Waals surface area contributed by atoms with Crippen molar-refractivity contribution < 1.29 is 0 Å². The summed E-state index contributed by atoms with van der Waals surface area (Å²) in [6, 6.07) is 10.2. The molecule has 0 saturated carbocycles. The first-order valence-electron chi connectivity index (χ1n) is 6.59. The van der Waals surface area contributed by atoms with E-state index in [-0.39, 0.29) is 5.56 Å². The van der Waals surface area contributed by atoms with Crippen molar-refractivity contribution >= 4 is 10.9 Å². The Morgan fingerprint density at radius 2 is 2.06 bits per heavy atom. The van der Waals surface area contributed by atoms with Gasteiger partial charge in [-0.15, -0.1) is 0 Å². The van der Waals surface area contributed by atoms with Crippen LogP contribution >= 0.6 is 0 Å². The minimum atomic E-state index is -0.0418. The van der Waals surface area contributed by atoms with Gasteiger partial charge in [0.05, 0.1) is 0 Å². The number of aromatic amines is 1. The average molecular weight is 242 g/mol.